The molecule has 0 saturated heterocycles. The van der Waals surface area contributed by atoms with Crippen LogP contribution in [0.25, 0.3) is 0 Å². The van der Waals surface area contributed by atoms with E-state index in [0.717, 1.165) is 10.4 Å². The van der Waals surface area contributed by atoms with Gasteiger partial charge in [0.2, 0.25) is 15.9 Å². The molecule has 116 valence electrons. The van der Waals surface area contributed by atoms with Crippen LogP contribution >= 0.6 is 11.6 Å². The first kappa shape index (κ1) is 17.4. The normalized spacial score (nSPS) is 11.9. The van der Waals surface area contributed by atoms with Gasteiger partial charge in [0.25, 0.3) is 0 Å². The first-order valence-corrected chi connectivity index (χ1v) is 7.72. The Morgan fingerprint density at radius 3 is 2.38 bits per heavy atom. The molecule has 0 radical (unpaired) electrons. The molecule has 0 fully saturated rings. The highest BCUT2D eigenvalue weighted by Gasteiger charge is 2.30. The number of primary amides is 1. The van der Waals surface area contributed by atoms with Crippen molar-refractivity contribution in [3.05, 3.63) is 28.8 Å². The van der Waals surface area contributed by atoms with Gasteiger partial charge in [-0.3, -0.25) is 4.79 Å². The minimum Gasteiger partial charge on any atom is -0.478 e. The van der Waals surface area contributed by atoms with Gasteiger partial charge in [-0.25, -0.2) is 13.2 Å². The van der Waals surface area contributed by atoms with Crippen LogP contribution in [0, 0.1) is 0 Å². The van der Waals surface area contributed by atoms with Crippen LogP contribution in [0.2, 0.25) is 5.02 Å². The van der Waals surface area contributed by atoms with Crippen LogP contribution in [0.4, 0.5) is 0 Å². The van der Waals surface area contributed by atoms with Gasteiger partial charge < -0.3 is 10.8 Å². The van der Waals surface area contributed by atoms with Crippen molar-refractivity contribution in [1.29, 1.82) is 0 Å². The molecule has 0 unspecified atom stereocenters. The molecule has 1 amide bonds. The predicted molar refractivity (Wildman–Crippen MR) is 76.6 cm³/mol. The summed E-state index contributed by atoms with van der Waals surface area (Å²) in [5, 5.41) is 8.80. The summed E-state index contributed by atoms with van der Waals surface area (Å²) in [6.45, 7) is 2.61. The Bertz CT molecular complexity index is 672. The SMILES string of the molecule is CC(C)N(CC(N)=O)S(=O)(=O)c1cc(C(=O)O)ccc1Cl. The largest absolute Gasteiger partial charge is 0.478 e. The Kier molecular flexibility index (Phi) is 5.32. The van der Waals surface area contributed by atoms with Gasteiger partial charge in [0.05, 0.1) is 17.1 Å². The third-order valence-corrected chi connectivity index (χ3v) is 5.16. The Hall–Kier alpha value is -1.64. The Balaban J connectivity index is 3.43. The summed E-state index contributed by atoms with van der Waals surface area (Å²) in [5.74, 6) is -2.10. The van der Waals surface area contributed by atoms with Crippen molar-refractivity contribution >= 4 is 33.5 Å². The number of carbonyl (C=O) groups excluding carboxylic acids is 1. The summed E-state index contributed by atoms with van der Waals surface area (Å²) in [6, 6.07) is 2.78. The van der Waals surface area contributed by atoms with Crippen molar-refractivity contribution in [1.82, 2.24) is 4.31 Å². The topological polar surface area (TPSA) is 118 Å². The van der Waals surface area contributed by atoms with Crippen LogP contribution in [0.5, 0.6) is 0 Å². The van der Waals surface area contributed by atoms with Crippen molar-refractivity contribution < 1.29 is 23.1 Å². The molecule has 0 aliphatic carbocycles. The molecule has 1 aromatic rings. The van der Waals surface area contributed by atoms with Crippen LogP contribution in [0.1, 0.15) is 24.2 Å². The zero-order chi connectivity index (χ0) is 16.4. The summed E-state index contributed by atoms with van der Waals surface area (Å²) < 4.78 is 26.0. The molecule has 0 aliphatic rings. The first-order chi connectivity index (χ1) is 9.57. The fourth-order valence-electron chi connectivity index (χ4n) is 1.66. The van der Waals surface area contributed by atoms with Crippen LogP contribution in [-0.4, -0.2) is 42.3 Å². The second-order valence-corrected chi connectivity index (χ2v) is 6.83. The smallest absolute Gasteiger partial charge is 0.335 e. The summed E-state index contributed by atoms with van der Waals surface area (Å²) in [4.78, 5) is 21.6. The lowest BCUT2D eigenvalue weighted by atomic mass is 10.2. The van der Waals surface area contributed by atoms with E-state index in [2.05, 4.69) is 0 Å². The summed E-state index contributed by atoms with van der Waals surface area (Å²) in [5.41, 5.74) is 4.83. The first-order valence-electron chi connectivity index (χ1n) is 5.90. The van der Waals surface area contributed by atoms with Crippen molar-refractivity contribution in [3.63, 3.8) is 0 Å². The highest BCUT2D eigenvalue weighted by molar-refractivity contribution is 7.89. The molecule has 1 aromatic carbocycles. The number of halogens is 1. The van der Waals surface area contributed by atoms with Crippen LogP contribution < -0.4 is 5.73 Å². The molecule has 0 saturated carbocycles. The maximum atomic E-state index is 12.5. The lowest BCUT2D eigenvalue weighted by Gasteiger charge is -2.25. The fourth-order valence-corrected chi connectivity index (χ4v) is 3.76. The minimum atomic E-state index is -4.14. The highest BCUT2D eigenvalue weighted by atomic mass is 35.5. The van der Waals surface area contributed by atoms with Crippen molar-refractivity contribution in [2.45, 2.75) is 24.8 Å². The molecule has 0 bridgehead atoms. The number of hydrogen-bond donors (Lipinski definition) is 2. The van der Waals surface area contributed by atoms with E-state index in [1.54, 1.807) is 13.8 Å². The van der Waals surface area contributed by atoms with Gasteiger partial charge in [0, 0.05) is 6.04 Å². The quantitative estimate of drug-likeness (QED) is 0.802. The van der Waals surface area contributed by atoms with Gasteiger partial charge in [-0.2, -0.15) is 4.31 Å². The lowest BCUT2D eigenvalue weighted by molar-refractivity contribution is -0.118. The van der Waals surface area contributed by atoms with Crippen molar-refractivity contribution in [2.75, 3.05) is 6.54 Å². The van der Waals surface area contributed by atoms with Crippen molar-refractivity contribution in [3.8, 4) is 0 Å². The van der Waals surface area contributed by atoms with Crippen LogP contribution in [0.15, 0.2) is 23.1 Å². The number of hydrogen-bond acceptors (Lipinski definition) is 4. The number of amides is 1. The molecule has 0 aliphatic heterocycles. The molecular formula is C12H15ClN2O5S. The second kappa shape index (κ2) is 6.42. The molecule has 1 rings (SSSR count). The van der Waals surface area contributed by atoms with Crippen molar-refractivity contribution in [2.24, 2.45) is 5.73 Å². The number of aromatic carboxylic acids is 1. The lowest BCUT2D eigenvalue weighted by Crippen LogP contribution is -2.42. The molecule has 0 atom stereocenters. The third-order valence-electron chi connectivity index (χ3n) is 2.65. The summed E-state index contributed by atoms with van der Waals surface area (Å²) in [7, 11) is -4.14. The van der Waals surface area contributed by atoms with E-state index in [1.165, 1.54) is 12.1 Å². The average Bonchev–Trinajstić information content (AvgIpc) is 2.35. The number of nitrogens with zero attached hydrogens (tertiary/aromatic N) is 1. The van der Waals surface area contributed by atoms with E-state index in [1.807, 2.05) is 0 Å². The van der Waals surface area contributed by atoms with Gasteiger partial charge >= 0.3 is 5.97 Å². The zero-order valence-corrected chi connectivity index (χ0v) is 13.0. The van der Waals surface area contributed by atoms with E-state index in [4.69, 9.17) is 22.4 Å². The number of carboxylic acid groups (broad SMARTS) is 1. The van der Waals surface area contributed by atoms with E-state index in [9.17, 15) is 18.0 Å². The second-order valence-electron chi connectivity index (χ2n) is 4.56. The Morgan fingerprint density at radius 1 is 1.38 bits per heavy atom. The average molecular weight is 335 g/mol. The zero-order valence-electron chi connectivity index (χ0n) is 11.4. The monoisotopic (exact) mass is 334 g/mol. The number of benzene rings is 1. The molecule has 9 heteroatoms. The van der Waals surface area contributed by atoms with Gasteiger partial charge in [-0.15, -0.1) is 0 Å². The maximum Gasteiger partial charge on any atom is 0.335 e. The number of nitrogens with two attached hydrogens (primary N) is 1. The number of carbonyl (C=O) groups is 2. The summed E-state index contributed by atoms with van der Waals surface area (Å²) >= 11 is 5.86. The molecule has 3 N–H and O–H groups in total. The van der Waals surface area contributed by atoms with E-state index < -0.39 is 34.5 Å². The summed E-state index contributed by atoms with van der Waals surface area (Å²) in [6.07, 6.45) is 0. The molecule has 7 nitrogen and oxygen atoms in total. The standard InChI is InChI=1S/C12H15ClN2O5S/c1-7(2)15(6-11(14)16)21(19,20)10-5-8(12(17)18)3-4-9(10)13/h3-5,7H,6H2,1-2H3,(H2,14,16)(H,17,18). The highest BCUT2D eigenvalue weighted by Crippen LogP contribution is 2.27. The number of rotatable bonds is 6. The molecule has 21 heavy (non-hydrogen) atoms. The van der Waals surface area contributed by atoms with E-state index >= 15 is 0 Å². The minimum absolute atomic E-state index is 0.130. The molecule has 0 spiro atoms. The number of carboxylic acids is 1. The van der Waals surface area contributed by atoms with E-state index in [0.29, 0.717) is 0 Å². The maximum absolute atomic E-state index is 12.5. The fraction of sp³-hybridized carbons (Fsp3) is 0.333. The molecular weight excluding hydrogens is 320 g/mol. The van der Waals surface area contributed by atoms with Gasteiger partial charge in [0.1, 0.15) is 4.90 Å². The van der Waals surface area contributed by atoms with Crippen LogP contribution in [0.3, 0.4) is 0 Å². The van der Waals surface area contributed by atoms with Gasteiger partial charge in [-0.1, -0.05) is 11.6 Å². The number of sulfonamides is 1. The van der Waals surface area contributed by atoms with Gasteiger partial charge in [-0.05, 0) is 32.0 Å². The molecule has 0 aromatic heterocycles. The van der Waals surface area contributed by atoms with Gasteiger partial charge in [0.15, 0.2) is 0 Å². The van der Waals surface area contributed by atoms with Crippen LogP contribution in [-0.2, 0) is 14.8 Å². The van der Waals surface area contributed by atoms with E-state index in [-0.39, 0.29) is 15.5 Å². The molecule has 0 heterocycles. The Morgan fingerprint density at radius 2 is 1.95 bits per heavy atom. The Labute approximate surface area is 127 Å². The third kappa shape index (κ3) is 3.93. The predicted octanol–water partition coefficient (Wildman–Crippen LogP) is 0.923.